The minimum Gasteiger partial charge on any atom is -0.395 e. The van der Waals surface area contributed by atoms with Crippen molar-refractivity contribution in [3.63, 3.8) is 0 Å². The van der Waals surface area contributed by atoms with E-state index in [2.05, 4.69) is 0 Å². The molecule has 35 heavy (non-hydrogen) atoms. The van der Waals surface area contributed by atoms with Crippen LogP contribution in [-0.2, 0) is 9.59 Å². The molecule has 0 aromatic heterocycles. The summed E-state index contributed by atoms with van der Waals surface area (Å²) in [5.41, 5.74) is 5.02. The lowest BCUT2D eigenvalue weighted by atomic mass is 9.85. The molecule has 0 heterocycles. The van der Waals surface area contributed by atoms with Gasteiger partial charge in [-0.05, 0) is 49.5 Å². The number of carbonyl (C=O) groups is 2. The first-order valence-corrected chi connectivity index (χ1v) is 11.3. The first-order chi connectivity index (χ1) is 16.5. The number of allylic oxidation sites excluding steroid dienone is 2. The molecule has 188 valence electrons. The SMILES string of the molecule is CC(CN(CCO)C(=O)C(=N)/C=C\C(N)=O)C1CCC/C(=C/C(=N)c2c(F)cccc2F)CC1=N. The van der Waals surface area contributed by atoms with E-state index in [9.17, 15) is 23.5 Å². The van der Waals surface area contributed by atoms with Gasteiger partial charge in [0.25, 0.3) is 5.91 Å². The lowest BCUT2D eigenvalue weighted by Gasteiger charge is -2.30. The molecule has 1 fully saturated rings. The fraction of sp³-hybridized carbons (Fsp3) is 0.400. The van der Waals surface area contributed by atoms with Crippen molar-refractivity contribution in [2.45, 2.75) is 32.6 Å². The number of hydrogen-bond donors (Lipinski definition) is 5. The van der Waals surface area contributed by atoms with Crippen LogP contribution in [0.1, 0.15) is 38.2 Å². The number of primary amides is 1. The summed E-state index contributed by atoms with van der Waals surface area (Å²) >= 11 is 0. The lowest BCUT2D eigenvalue weighted by Crippen LogP contribution is -2.42. The van der Waals surface area contributed by atoms with Gasteiger partial charge < -0.3 is 26.6 Å². The molecule has 1 aliphatic carbocycles. The molecular formula is C25H31F2N5O3. The fourth-order valence-electron chi connectivity index (χ4n) is 4.25. The summed E-state index contributed by atoms with van der Waals surface area (Å²) in [6.45, 7) is 1.75. The summed E-state index contributed by atoms with van der Waals surface area (Å²) in [5.74, 6) is -3.44. The summed E-state index contributed by atoms with van der Waals surface area (Å²) in [6.07, 6.45) is 5.53. The topological polar surface area (TPSA) is 155 Å². The number of carbonyl (C=O) groups excluding carboxylic acids is 2. The molecule has 1 aromatic rings. The monoisotopic (exact) mass is 487 g/mol. The van der Waals surface area contributed by atoms with Gasteiger partial charge in [-0.25, -0.2) is 8.78 Å². The first-order valence-electron chi connectivity index (χ1n) is 11.3. The van der Waals surface area contributed by atoms with E-state index in [1.807, 2.05) is 6.92 Å². The maximum Gasteiger partial charge on any atom is 0.271 e. The number of hydrogen-bond acceptors (Lipinski definition) is 6. The number of halogens is 2. The maximum absolute atomic E-state index is 14.0. The Hall–Kier alpha value is -3.53. The summed E-state index contributed by atoms with van der Waals surface area (Å²) in [6, 6.07) is 3.43. The summed E-state index contributed by atoms with van der Waals surface area (Å²) in [5, 5.41) is 34.0. The third kappa shape index (κ3) is 7.74. The number of aliphatic hydroxyl groups is 1. The van der Waals surface area contributed by atoms with E-state index in [1.54, 1.807) is 0 Å². The first kappa shape index (κ1) is 27.7. The highest BCUT2D eigenvalue weighted by molar-refractivity contribution is 6.42. The van der Waals surface area contributed by atoms with Gasteiger partial charge in [0.2, 0.25) is 5.91 Å². The normalized spacial score (nSPS) is 18.3. The number of nitrogens with one attached hydrogen (secondary N) is 3. The number of nitrogens with zero attached hydrogens (tertiary/aromatic N) is 1. The van der Waals surface area contributed by atoms with Gasteiger partial charge in [-0.15, -0.1) is 0 Å². The smallest absolute Gasteiger partial charge is 0.271 e. The van der Waals surface area contributed by atoms with Crippen LogP contribution in [0.5, 0.6) is 0 Å². The Balaban J connectivity index is 2.12. The van der Waals surface area contributed by atoms with Crippen molar-refractivity contribution in [3.8, 4) is 0 Å². The molecule has 1 aromatic carbocycles. The highest BCUT2D eigenvalue weighted by Crippen LogP contribution is 2.30. The van der Waals surface area contributed by atoms with Crippen molar-refractivity contribution in [1.82, 2.24) is 4.90 Å². The van der Waals surface area contributed by atoms with Gasteiger partial charge >= 0.3 is 0 Å². The Kier molecular flexibility index (Phi) is 10.1. The molecule has 0 saturated heterocycles. The van der Waals surface area contributed by atoms with E-state index in [0.717, 1.165) is 29.9 Å². The van der Waals surface area contributed by atoms with Crippen molar-refractivity contribution in [1.29, 1.82) is 16.2 Å². The van der Waals surface area contributed by atoms with Crippen LogP contribution in [0.3, 0.4) is 0 Å². The Morgan fingerprint density at radius 3 is 2.51 bits per heavy atom. The Bertz CT molecular complexity index is 1050. The van der Waals surface area contributed by atoms with E-state index in [4.69, 9.17) is 22.0 Å². The number of benzene rings is 1. The molecule has 1 saturated carbocycles. The molecule has 0 radical (unpaired) electrons. The average Bonchev–Trinajstić information content (AvgIpc) is 2.97. The predicted molar refractivity (Wildman–Crippen MR) is 130 cm³/mol. The summed E-state index contributed by atoms with van der Waals surface area (Å²) < 4.78 is 28.1. The minimum atomic E-state index is -0.813. The zero-order valence-electron chi connectivity index (χ0n) is 19.6. The van der Waals surface area contributed by atoms with Crippen LogP contribution in [0.25, 0.3) is 0 Å². The molecule has 0 spiro atoms. The summed E-state index contributed by atoms with van der Waals surface area (Å²) in [4.78, 5) is 24.8. The van der Waals surface area contributed by atoms with Crippen LogP contribution in [-0.4, -0.2) is 58.7 Å². The van der Waals surface area contributed by atoms with Crippen molar-refractivity contribution < 1.29 is 23.5 Å². The van der Waals surface area contributed by atoms with E-state index in [-0.39, 0.29) is 43.7 Å². The molecule has 0 aliphatic heterocycles. The highest BCUT2D eigenvalue weighted by Gasteiger charge is 2.29. The van der Waals surface area contributed by atoms with Crippen LogP contribution in [0, 0.1) is 39.7 Å². The van der Waals surface area contributed by atoms with Crippen LogP contribution in [0.4, 0.5) is 8.78 Å². The third-order valence-electron chi connectivity index (χ3n) is 5.96. The second-order valence-electron chi connectivity index (χ2n) is 8.62. The second kappa shape index (κ2) is 12.8. The Morgan fingerprint density at radius 2 is 1.91 bits per heavy atom. The fourth-order valence-corrected chi connectivity index (χ4v) is 4.25. The van der Waals surface area contributed by atoms with Crippen LogP contribution in [0.2, 0.25) is 0 Å². The molecule has 0 bridgehead atoms. The number of rotatable bonds is 10. The Labute approximate surface area is 203 Å². The standard InChI is InChI=1S/C25H31F2N5O3/c1-15(14-32(10-11-33)25(35)20(28)8-9-23(31)34)17-5-2-4-16(12-21(17)29)13-22(30)24-18(26)6-3-7-19(24)27/h3,6-9,13,15,17,28-30,33H,2,4-5,10-12,14H2,1H3,(H2,31,34)/b9-8-,16-13-,28-20?,29-21?,30-22?. The number of amides is 2. The molecule has 2 atom stereocenters. The van der Waals surface area contributed by atoms with Crippen molar-refractivity contribution >= 4 is 28.9 Å². The molecule has 8 nitrogen and oxygen atoms in total. The number of aliphatic hydroxyl groups excluding tert-OH is 1. The van der Waals surface area contributed by atoms with Gasteiger partial charge in [0.1, 0.15) is 17.3 Å². The second-order valence-corrected chi connectivity index (χ2v) is 8.62. The maximum atomic E-state index is 14.0. The molecule has 2 unspecified atom stereocenters. The Morgan fingerprint density at radius 1 is 1.26 bits per heavy atom. The van der Waals surface area contributed by atoms with Gasteiger partial charge in [-0.2, -0.15) is 0 Å². The zero-order valence-corrected chi connectivity index (χ0v) is 19.6. The van der Waals surface area contributed by atoms with Crippen LogP contribution in [0.15, 0.2) is 42.0 Å². The molecule has 10 heteroatoms. The zero-order chi connectivity index (χ0) is 26.1. The third-order valence-corrected chi connectivity index (χ3v) is 5.96. The van der Waals surface area contributed by atoms with E-state index >= 15 is 0 Å². The average molecular weight is 488 g/mol. The van der Waals surface area contributed by atoms with E-state index in [1.165, 1.54) is 17.0 Å². The molecule has 2 rings (SSSR count). The minimum absolute atomic E-state index is 0.00740. The van der Waals surface area contributed by atoms with Gasteiger partial charge in [-0.3, -0.25) is 15.0 Å². The highest BCUT2D eigenvalue weighted by atomic mass is 19.1. The quantitative estimate of drug-likeness (QED) is 0.196. The molecule has 1 aliphatic rings. The van der Waals surface area contributed by atoms with Gasteiger partial charge in [-0.1, -0.05) is 18.6 Å². The van der Waals surface area contributed by atoms with Gasteiger partial charge in [0, 0.05) is 37.2 Å². The van der Waals surface area contributed by atoms with Crippen molar-refractivity contribution in [3.05, 3.63) is 59.2 Å². The molecular weight excluding hydrogens is 456 g/mol. The van der Waals surface area contributed by atoms with E-state index < -0.39 is 34.7 Å². The van der Waals surface area contributed by atoms with Crippen molar-refractivity contribution in [2.75, 3.05) is 19.7 Å². The van der Waals surface area contributed by atoms with E-state index in [0.29, 0.717) is 25.0 Å². The molecule has 2 amide bonds. The van der Waals surface area contributed by atoms with Gasteiger partial charge in [0.15, 0.2) is 0 Å². The summed E-state index contributed by atoms with van der Waals surface area (Å²) in [7, 11) is 0. The predicted octanol–water partition coefficient (Wildman–Crippen LogP) is 2.99. The van der Waals surface area contributed by atoms with Crippen molar-refractivity contribution in [2.24, 2.45) is 17.6 Å². The lowest BCUT2D eigenvalue weighted by molar-refractivity contribution is -0.125. The van der Waals surface area contributed by atoms with Crippen LogP contribution >= 0.6 is 0 Å². The number of nitrogens with two attached hydrogens (primary N) is 1. The van der Waals surface area contributed by atoms with Gasteiger partial charge in [0.05, 0.1) is 17.9 Å². The van der Waals surface area contributed by atoms with Crippen LogP contribution < -0.4 is 5.73 Å². The molecule has 6 N–H and O–H groups in total. The largest absolute Gasteiger partial charge is 0.395 e.